The van der Waals surface area contributed by atoms with E-state index in [1.165, 1.54) is 0 Å². The zero-order chi connectivity index (χ0) is 8.10. The van der Waals surface area contributed by atoms with Crippen LogP contribution in [-0.2, 0) is 4.79 Å². The summed E-state index contributed by atoms with van der Waals surface area (Å²) in [5, 5.41) is 3.47. The number of thioether (sulfide) groups is 1. The molecule has 1 aliphatic rings. The highest BCUT2D eigenvalue weighted by Gasteiger charge is 2.09. The summed E-state index contributed by atoms with van der Waals surface area (Å²) in [6.07, 6.45) is 0.461. The first kappa shape index (κ1) is 8.93. The van der Waals surface area contributed by atoms with Crippen LogP contribution in [-0.4, -0.2) is 29.1 Å². The Labute approximate surface area is 75.4 Å². The van der Waals surface area contributed by atoms with E-state index in [2.05, 4.69) is 22.9 Å². The van der Waals surface area contributed by atoms with Crippen molar-refractivity contribution in [1.82, 2.24) is 5.32 Å². The molecule has 62 valence electrons. The number of thiol groups is 1. The molecule has 1 rings (SSSR count). The molecule has 0 aromatic heterocycles. The van der Waals surface area contributed by atoms with Crippen LogP contribution in [0.3, 0.4) is 0 Å². The highest BCUT2D eigenvalue weighted by atomic mass is 32.2. The number of carbonyl (C=O) groups excluding carboxylic acids is 1. The van der Waals surface area contributed by atoms with Crippen molar-refractivity contribution >= 4 is 35.5 Å². The van der Waals surface area contributed by atoms with Crippen molar-refractivity contribution in [3.05, 3.63) is 0 Å². The first-order valence-electron chi connectivity index (χ1n) is 3.41. The zero-order valence-corrected chi connectivity index (χ0v) is 7.75. The molecule has 0 unspecified atom stereocenters. The lowest BCUT2D eigenvalue weighted by molar-refractivity contribution is -0.119. The van der Waals surface area contributed by atoms with Gasteiger partial charge in [-0.3, -0.25) is 9.79 Å². The summed E-state index contributed by atoms with van der Waals surface area (Å²) in [4.78, 5) is 15.0. The van der Waals surface area contributed by atoms with Crippen LogP contribution in [0.4, 0.5) is 0 Å². The minimum Gasteiger partial charge on any atom is -0.305 e. The highest BCUT2D eigenvalue weighted by Crippen LogP contribution is 2.08. The van der Waals surface area contributed by atoms with Crippen molar-refractivity contribution in [2.75, 3.05) is 18.1 Å². The lowest BCUT2D eigenvalue weighted by Gasteiger charge is -2.00. The van der Waals surface area contributed by atoms with Gasteiger partial charge in [-0.1, -0.05) is 11.8 Å². The SMILES string of the molecule is O=C(CCS)NC1=NCCS1. The number of amidine groups is 1. The number of carbonyl (C=O) groups is 1. The Balaban J connectivity index is 2.24. The number of nitrogens with one attached hydrogen (secondary N) is 1. The standard InChI is InChI=1S/C6H10N2OS2/c9-5(1-3-10)8-6-7-2-4-11-6/h10H,1-4H2,(H,7,8,9). The van der Waals surface area contributed by atoms with Crippen LogP contribution in [0.25, 0.3) is 0 Å². The molecule has 1 aliphatic heterocycles. The number of aliphatic imine (C=N–C) groups is 1. The summed E-state index contributed by atoms with van der Waals surface area (Å²) >= 11 is 5.54. The quantitative estimate of drug-likeness (QED) is 0.624. The number of hydrogen-bond donors (Lipinski definition) is 2. The maximum absolute atomic E-state index is 10.9. The van der Waals surface area contributed by atoms with Crippen LogP contribution in [0.1, 0.15) is 6.42 Å². The van der Waals surface area contributed by atoms with Gasteiger partial charge in [0.15, 0.2) is 5.17 Å². The number of hydrogen-bond acceptors (Lipinski definition) is 4. The molecule has 0 spiro atoms. The van der Waals surface area contributed by atoms with Crippen molar-refractivity contribution in [3.8, 4) is 0 Å². The normalized spacial score (nSPS) is 16.3. The number of rotatable bonds is 2. The van der Waals surface area contributed by atoms with Gasteiger partial charge in [0.05, 0.1) is 6.54 Å². The van der Waals surface area contributed by atoms with Crippen molar-refractivity contribution in [2.24, 2.45) is 4.99 Å². The molecule has 1 amide bonds. The van der Waals surface area contributed by atoms with Crippen molar-refractivity contribution in [3.63, 3.8) is 0 Å². The fraction of sp³-hybridized carbons (Fsp3) is 0.667. The van der Waals surface area contributed by atoms with Crippen molar-refractivity contribution in [2.45, 2.75) is 6.42 Å². The van der Waals surface area contributed by atoms with Gasteiger partial charge < -0.3 is 5.32 Å². The van der Waals surface area contributed by atoms with E-state index in [1.54, 1.807) is 11.8 Å². The Bertz CT molecular complexity index is 181. The Kier molecular flexibility index (Phi) is 3.79. The molecule has 1 N–H and O–H groups in total. The van der Waals surface area contributed by atoms with Crippen LogP contribution in [0, 0.1) is 0 Å². The van der Waals surface area contributed by atoms with E-state index >= 15 is 0 Å². The van der Waals surface area contributed by atoms with E-state index in [1.807, 2.05) is 0 Å². The molecule has 0 fully saturated rings. The van der Waals surface area contributed by atoms with Gasteiger partial charge in [-0.15, -0.1) is 0 Å². The Hall–Kier alpha value is -0.160. The molecule has 0 aromatic rings. The molecule has 3 nitrogen and oxygen atoms in total. The second-order valence-corrected chi connectivity index (χ2v) is 3.59. The molecule has 5 heteroatoms. The van der Waals surface area contributed by atoms with Gasteiger partial charge >= 0.3 is 0 Å². The molecule has 0 bridgehead atoms. The van der Waals surface area contributed by atoms with Gasteiger partial charge in [0.2, 0.25) is 5.91 Å². The summed E-state index contributed by atoms with van der Waals surface area (Å²) in [5.41, 5.74) is 0. The lowest BCUT2D eigenvalue weighted by atomic mass is 10.5. The van der Waals surface area contributed by atoms with Gasteiger partial charge in [0.25, 0.3) is 0 Å². The van der Waals surface area contributed by atoms with Crippen LogP contribution in [0.5, 0.6) is 0 Å². The van der Waals surface area contributed by atoms with E-state index in [0.717, 1.165) is 17.5 Å². The summed E-state index contributed by atoms with van der Waals surface area (Å²) in [6.45, 7) is 0.821. The monoisotopic (exact) mass is 190 g/mol. The predicted molar refractivity (Wildman–Crippen MR) is 51.4 cm³/mol. The first-order chi connectivity index (χ1) is 5.33. The predicted octanol–water partition coefficient (Wildman–Crippen LogP) is 0.525. The van der Waals surface area contributed by atoms with Gasteiger partial charge in [0, 0.05) is 12.2 Å². The van der Waals surface area contributed by atoms with E-state index in [-0.39, 0.29) is 5.91 Å². The maximum atomic E-state index is 10.9. The summed E-state index contributed by atoms with van der Waals surface area (Å²) in [7, 11) is 0. The third kappa shape index (κ3) is 3.16. The molecular formula is C6H10N2OS2. The van der Waals surface area contributed by atoms with Gasteiger partial charge in [0.1, 0.15) is 0 Å². The van der Waals surface area contributed by atoms with Gasteiger partial charge in [-0.05, 0) is 5.75 Å². The topological polar surface area (TPSA) is 41.5 Å². The minimum atomic E-state index is 0.00755. The lowest BCUT2D eigenvalue weighted by Crippen LogP contribution is -2.27. The van der Waals surface area contributed by atoms with E-state index in [9.17, 15) is 4.79 Å². The molecule has 1 heterocycles. The van der Waals surface area contributed by atoms with Crippen molar-refractivity contribution < 1.29 is 4.79 Å². The van der Waals surface area contributed by atoms with E-state index < -0.39 is 0 Å². The fourth-order valence-electron chi connectivity index (χ4n) is 0.694. The molecule has 0 atom stereocenters. The Morgan fingerprint density at radius 2 is 2.64 bits per heavy atom. The zero-order valence-electron chi connectivity index (χ0n) is 6.04. The van der Waals surface area contributed by atoms with Crippen LogP contribution >= 0.6 is 24.4 Å². The Morgan fingerprint density at radius 1 is 1.82 bits per heavy atom. The largest absolute Gasteiger partial charge is 0.305 e. The average molecular weight is 190 g/mol. The third-order valence-electron chi connectivity index (χ3n) is 1.17. The second-order valence-electron chi connectivity index (χ2n) is 2.06. The van der Waals surface area contributed by atoms with Crippen LogP contribution < -0.4 is 5.32 Å². The summed E-state index contributed by atoms with van der Waals surface area (Å²) in [6, 6.07) is 0. The van der Waals surface area contributed by atoms with Crippen molar-refractivity contribution in [1.29, 1.82) is 0 Å². The highest BCUT2D eigenvalue weighted by molar-refractivity contribution is 8.14. The van der Waals surface area contributed by atoms with Gasteiger partial charge in [-0.2, -0.15) is 12.6 Å². The molecule has 0 saturated carbocycles. The average Bonchev–Trinajstić information content (AvgIpc) is 2.40. The molecular weight excluding hydrogens is 180 g/mol. The summed E-state index contributed by atoms with van der Waals surface area (Å²) < 4.78 is 0. The Morgan fingerprint density at radius 3 is 3.18 bits per heavy atom. The van der Waals surface area contributed by atoms with E-state index in [0.29, 0.717) is 12.2 Å². The van der Waals surface area contributed by atoms with Gasteiger partial charge in [-0.25, -0.2) is 0 Å². The minimum absolute atomic E-state index is 0.00755. The molecule has 0 saturated heterocycles. The summed E-state index contributed by atoms with van der Waals surface area (Å²) in [5.74, 6) is 1.58. The molecule has 0 radical (unpaired) electrons. The maximum Gasteiger partial charge on any atom is 0.226 e. The third-order valence-corrected chi connectivity index (χ3v) is 2.29. The van der Waals surface area contributed by atoms with E-state index in [4.69, 9.17) is 0 Å². The first-order valence-corrected chi connectivity index (χ1v) is 5.02. The molecule has 11 heavy (non-hydrogen) atoms. The number of amides is 1. The fourth-order valence-corrected chi connectivity index (χ4v) is 1.64. The molecule has 0 aliphatic carbocycles. The number of nitrogens with zero attached hydrogens (tertiary/aromatic N) is 1. The van der Waals surface area contributed by atoms with Crippen LogP contribution in [0.15, 0.2) is 4.99 Å². The second kappa shape index (κ2) is 4.66. The molecule has 0 aromatic carbocycles. The van der Waals surface area contributed by atoms with Crippen LogP contribution in [0.2, 0.25) is 0 Å². The smallest absolute Gasteiger partial charge is 0.226 e.